The highest BCUT2D eigenvalue weighted by Crippen LogP contribution is 2.30. The van der Waals surface area contributed by atoms with E-state index >= 15 is 0 Å². The van der Waals surface area contributed by atoms with Gasteiger partial charge in [0.15, 0.2) is 0 Å². The van der Waals surface area contributed by atoms with E-state index in [1.807, 2.05) is 13.0 Å². The van der Waals surface area contributed by atoms with E-state index in [1.165, 1.54) is 22.3 Å². The molecule has 3 rings (SSSR count). The standard InChI is InChI=1S/C30H38FNO2/c1-20-13-14-24(15-28(20)31)17-30(5,6)32-18-27(33)19-34-23(4)25-11-8-12-26(16-25)29-21(2)9-7-10-22(29)3/h7-16,23,27,32-33H,17-19H2,1-6H3/t23?,27-/m1/s1. The van der Waals surface area contributed by atoms with Crippen molar-refractivity contribution in [2.45, 2.75) is 65.7 Å². The lowest BCUT2D eigenvalue weighted by atomic mass is 9.94. The number of aryl methyl sites for hydroxylation is 3. The molecule has 1 unspecified atom stereocenters. The minimum Gasteiger partial charge on any atom is -0.389 e. The molecule has 2 N–H and O–H groups in total. The molecule has 0 aliphatic rings. The summed E-state index contributed by atoms with van der Waals surface area (Å²) >= 11 is 0. The molecule has 2 atom stereocenters. The number of nitrogens with one attached hydrogen (secondary N) is 1. The molecule has 0 amide bonds. The number of ether oxygens (including phenoxy) is 1. The van der Waals surface area contributed by atoms with Gasteiger partial charge in [0.25, 0.3) is 0 Å². The molecule has 3 aromatic rings. The van der Waals surface area contributed by atoms with Crippen molar-refractivity contribution in [3.63, 3.8) is 0 Å². The third-order valence-electron chi connectivity index (χ3n) is 6.36. The highest BCUT2D eigenvalue weighted by Gasteiger charge is 2.20. The monoisotopic (exact) mass is 463 g/mol. The van der Waals surface area contributed by atoms with Crippen LogP contribution in [0.1, 0.15) is 54.7 Å². The third kappa shape index (κ3) is 6.99. The largest absolute Gasteiger partial charge is 0.389 e. The van der Waals surface area contributed by atoms with E-state index in [2.05, 4.69) is 75.5 Å². The van der Waals surface area contributed by atoms with Crippen molar-refractivity contribution in [3.05, 3.63) is 94.3 Å². The Bertz CT molecular complexity index is 1090. The van der Waals surface area contributed by atoms with Crippen LogP contribution in [-0.4, -0.2) is 29.9 Å². The SMILES string of the molecule is Cc1ccc(CC(C)(C)NC[C@@H](O)COC(C)c2cccc(-c3c(C)cccc3C)c2)cc1F. The molecule has 0 bridgehead atoms. The maximum atomic E-state index is 13.9. The third-order valence-corrected chi connectivity index (χ3v) is 6.36. The topological polar surface area (TPSA) is 41.5 Å². The lowest BCUT2D eigenvalue weighted by Crippen LogP contribution is -2.46. The normalized spacial score (nSPS) is 13.6. The van der Waals surface area contributed by atoms with E-state index in [1.54, 1.807) is 19.1 Å². The van der Waals surface area contributed by atoms with Crippen LogP contribution in [0.3, 0.4) is 0 Å². The zero-order valence-electron chi connectivity index (χ0n) is 21.3. The second-order valence-corrected chi connectivity index (χ2v) is 10.0. The number of hydrogen-bond donors (Lipinski definition) is 2. The summed E-state index contributed by atoms with van der Waals surface area (Å²) in [7, 11) is 0. The first-order valence-corrected chi connectivity index (χ1v) is 12.0. The van der Waals surface area contributed by atoms with E-state index in [-0.39, 0.29) is 24.1 Å². The van der Waals surface area contributed by atoms with Gasteiger partial charge in [-0.3, -0.25) is 0 Å². The van der Waals surface area contributed by atoms with E-state index in [4.69, 9.17) is 4.74 Å². The highest BCUT2D eigenvalue weighted by molar-refractivity contribution is 5.71. The Morgan fingerprint density at radius 3 is 2.29 bits per heavy atom. The van der Waals surface area contributed by atoms with Crippen LogP contribution < -0.4 is 5.32 Å². The van der Waals surface area contributed by atoms with Crippen LogP contribution in [0.25, 0.3) is 11.1 Å². The van der Waals surface area contributed by atoms with Crippen LogP contribution in [0.4, 0.5) is 4.39 Å². The molecule has 0 saturated carbocycles. The smallest absolute Gasteiger partial charge is 0.126 e. The number of halogens is 1. The maximum Gasteiger partial charge on any atom is 0.126 e. The molecule has 182 valence electrons. The number of benzene rings is 3. The summed E-state index contributed by atoms with van der Waals surface area (Å²) in [6.07, 6.45) is -0.111. The van der Waals surface area contributed by atoms with Gasteiger partial charge in [-0.05, 0) is 99.0 Å². The molecule has 0 radical (unpaired) electrons. The number of rotatable bonds is 10. The molecule has 0 spiro atoms. The molecule has 0 aliphatic carbocycles. The molecule has 0 fully saturated rings. The Labute approximate surface area is 204 Å². The number of β-amino-alcohol motifs (C(OH)–C–C–N with tert-alkyl or cyclic N) is 1. The average Bonchev–Trinajstić information content (AvgIpc) is 2.78. The van der Waals surface area contributed by atoms with Crippen LogP contribution in [-0.2, 0) is 11.2 Å². The second kappa shape index (κ2) is 11.3. The molecule has 3 aromatic carbocycles. The molecule has 0 aliphatic heterocycles. The minimum atomic E-state index is -0.640. The van der Waals surface area contributed by atoms with Crippen LogP contribution in [0.15, 0.2) is 60.7 Å². The van der Waals surface area contributed by atoms with Crippen LogP contribution >= 0.6 is 0 Å². The van der Waals surface area contributed by atoms with Gasteiger partial charge in [-0.2, -0.15) is 0 Å². The van der Waals surface area contributed by atoms with Crippen molar-refractivity contribution in [2.75, 3.05) is 13.2 Å². The number of aliphatic hydroxyl groups excluding tert-OH is 1. The number of aliphatic hydroxyl groups is 1. The van der Waals surface area contributed by atoms with Gasteiger partial charge < -0.3 is 15.2 Å². The lowest BCUT2D eigenvalue weighted by Gasteiger charge is -2.28. The summed E-state index contributed by atoms with van der Waals surface area (Å²) in [5, 5.41) is 13.9. The van der Waals surface area contributed by atoms with E-state index < -0.39 is 6.10 Å². The molecule has 3 nitrogen and oxygen atoms in total. The highest BCUT2D eigenvalue weighted by atomic mass is 19.1. The summed E-state index contributed by atoms with van der Waals surface area (Å²) in [5.41, 5.74) is 7.33. The quantitative estimate of drug-likeness (QED) is 0.362. The second-order valence-electron chi connectivity index (χ2n) is 10.0. The first-order chi connectivity index (χ1) is 16.1. The van der Waals surface area contributed by atoms with Gasteiger partial charge in [-0.1, -0.05) is 48.5 Å². The lowest BCUT2D eigenvalue weighted by molar-refractivity contribution is -0.00416. The van der Waals surface area contributed by atoms with Crippen molar-refractivity contribution >= 4 is 0 Å². The molecule has 0 aromatic heterocycles. The van der Waals surface area contributed by atoms with E-state index in [0.717, 1.165) is 11.1 Å². The van der Waals surface area contributed by atoms with Crippen LogP contribution in [0.2, 0.25) is 0 Å². The predicted octanol–water partition coefficient (Wildman–Crippen LogP) is 6.47. The van der Waals surface area contributed by atoms with Gasteiger partial charge in [0.1, 0.15) is 5.82 Å². The van der Waals surface area contributed by atoms with Gasteiger partial charge in [0, 0.05) is 12.1 Å². The van der Waals surface area contributed by atoms with Crippen LogP contribution in [0.5, 0.6) is 0 Å². The molecular weight excluding hydrogens is 425 g/mol. The molecule has 34 heavy (non-hydrogen) atoms. The first kappa shape index (κ1) is 26.1. The van der Waals surface area contributed by atoms with Gasteiger partial charge in [-0.25, -0.2) is 4.39 Å². The van der Waals surface area contributed by atoms with Crippen molar-refractivity contribution in [1.29, 1.82) is 0 Å². The van der Waals surface area contributed by atoms with Crippen molar-refractivity contribution in [2.24, 2.45) is 0 Å². The van der Waals surface area contributed by atoms with Crippen molar-refractivity contribution in [3.8, 4) is 11.1 Å². The minimum absolute atomic E-state index is 0.137. The molecule has 0 saturated heterocycles. The zero-order valence-corrected chi connectivity index (χ0v) is 21.3. The summed E-state index contributed by atoms with van der Waals surface area (Å²) in [4.78, 5) is 0. The van der Waals surface area contributed by atoms with E-state index in [9.17, 15) is 9.50 Å². The Hall–Kier alpha value is -2.53. The first-order valence-electron chi connectivity index (χ1n) is 12.0. The predicted molar refractivity (Wildman–Crippen MR) is 139 cm³/mol. The fourth-order valence-electron chi connectivity index (χ4n) is 4.34. The summed E-state index contributed by atoms with van der Waals surface area (Å²) in [6.45, 7) is 12.8. The molecule has 0 heterocycles. The van der Waals surface area contributed by atoms with Crippen molar-refractivity contribution in [1.82, 2.24) is 5.32 Å². The van der Waals surface area contributed by atoms with Gasteiger partial charge in [0.05, 0.1) is 18.8 Å². The molecular formula is C30H38FNO2. The molecule has 4 heteroatoms. The van der Waals surface area contributed by atoms with Crippen LogP contribution in [0, 0.1) is 26.6 Å². The average molecular weight is 464 g/mol. The fraction of sp³-hybridized carbons (Fsp3) is 0.400. The summed E-state index contributed by atoms with van der Waals surface area (Å²) in [5.74, 6) is -0.183. The summed E-state index contributed by atoms with van der Waals surface area (Å²) in [6, 6.07) is 20.1. The Balaban J connectivity index is 1.53. The Kier molecular flexibility index (Phi) is 8.64. The van der Waals surface area contributed by atoms with Gasteiger partial charge >= 0.3 is 0 Å². The summed E-state index contributed by atoms with van der Waals surface area (Å²) < 4.78 is 19.9. The van der Waals surface area contributed by atoms with E-state index in [0.29, 0.717) is 18.5 Å². The van der Waals surface area contributed by atoms with Crippen molar-refractivity contribution < 1.29 is 14.2 Å². The zero-order chi connectivity index (χ0) is 24.9. The fourth-order valence-corrected chi connectivity index (χ4v) is 4.34. The maximum absolute atomic E-state index is 13.9. The Morgan fingerprint density at radius 1 is 0.941 bits per heavy atom. The van der Waals surface area contributed by atoms with Gasteiger partial charge in [-0.15, -0.1) is 0 Å². The number of hydrogen-bond acceptors (Lipinski definition) is 3. The Morgan fingerprint density at radius 2 is 1.62 bits per heavy atom. The van der Waals surface area contributed by atoms with Gasteiger partial charge in [0.2, 0.25) is 0 Å².